The van der Waals surface area contributed by atoms with E-state index in [2.05, 4.69) is 32.6 Å². The van der Waals surface area contributed by atoms with Gasteiger partial charge in [0.1, 0.15) is 12.4 Å². The van der Waals surface area contributed by atoms with E-state index in [0.29, 0.717) is 25.5 Å². The molecule has 1 atom stereocenters. The number of aldehydes is 1. The minimum atomic E-state index is -0.0798. The van der Waals surface area contributed by atoms with Crippen LogP contribution in [0.5, 0.6) is 0 Å². The molecule has 0 aromatic heterocycles. The number of rotatable bonds is 35. The zero-order valence-electron chi connectivity index (χ0n) is 31.7. The quantitative estimate of drug-likeness (QED) is 0.0416. The van der Waals surface area contributed by atoms with Gasteiger partial charge >= 0.3 is 5.97 Å². The highest BCUT2D eigenvalue weighted by Gasteiger charge is 2.15. The molecule has 276 valence electrons. The molecule has 6 nitrogen and oxygen atoms in total. The van der Waals surface area contributed by atoms with E-state index in [1.807, 2.05) is 7.11 Å². The zero-order chi connectivity index (χ0) is 34.4. The van der Waals surface area contributed by atoms with Crippen molar-refractivity contribution in [3.8, 4) is 0 Å². The Morgan fingerprint density at radius 2 is 1.04 bits per heavy atom. The molecule has 0 saturated carbocycles. The molecule has 1 unspecified atom stereocenters. The number of carbonyl (C=O) groups is 2. The van der Waals surface area contributed by atoms with E-state index in [0.717, 1.165) is 57.9 Å². The van der Waals surface area contributed by atoms with Crippen LogP contribution in [0.2, 0.25) is 0 Å². The van der Waals surface area contributed by atoms with Crippen molar-refractivity contribution in [2.45, 2.75) is 213 Å². The summed E-state index contributed by atoms with van der Waals surface area (Å²) < 4.78 is 11.3. The van der Waals surface area contributed by atoms with E-state index in [1.165, 1.54) is 122 Å². The Morgan fingerprint density at radius 1 is 0.587 bits per heavy atom. The minimum absolute atomic E-state index is 0.0704. The van der Waals surface area contributed by atoms with Gasteiger partial charge in [-0.3, -0.25) is 4.79 Å². The maximum Gasteiger partial charge on any atom is 0.306 e. The van der Waals surface area contributed by atoms with Gasteiger partial charge in [0.05, 0.1) is 12.7 Å². The maximum absolute atomic E-state index is 12.5. The number of esters is 1. The first-order valence-electron chi connectivity index (χ1n) is 20.0. The van der Waals surface area contributed by atoms with Crippen molar-refractivity contribution < 1.29 is 24.2 Å². The van der Waals surface area contributed by atoms with Crippen LogP contribution in [0, 0.1) is 0 Å². The van der Waals surface area contributed by atoms with Crippen molar-refractivity contribution in [2.24, 2.45) is 0 Å². The second kappa shape index (κ2) is 40.2. The number of hydrogen-bond acceptors (Lipinski definition) is 6. The molecule has 46 heavy (non-hydrogen) atoms. The number of nitrogens with zero attached hydrogens (tertiary/aromatic N) is 1. The van der Waals surface area contributed by atoms with E-state index in [9.17, 15) is 14.7 Å². The monoisotopic (exact) mass is 656 g/mol. The third kappa shape index (κ3) is 35.9. The number of aliphatic hydroxyl groups excluding tert-OH is 1. The summed E-state index contributed by atoms with van der Waals surface area (Å²) in [5, 5.41) is 9.22. The summed E-state index contributed by atoms with van der Waals surface area (Å²) in [7, 11) is 1.84. The molecule has 0 amide bonds. The molecule has 0 aliphatic heterocycles. The second-order valence-electron chi connectivity index (χ2n) is 13.4. The predicted molar refractivity (Wildman–Crippen MR) is 198 cm³/mol. The fraction of sp³-hybridized carbons (Fsp3) is 0.950. The van der Waals surface area contributed by atoms with Crippen LogP contribution in [0.4, 0.5) is 0 Å². The van der Waals surface area contributed by atoms with Crippen LogP contribution in [0.15, 0.2) is 0 Å². The molecule has 0 heterocycles. The van der Waals surface area contributed by atoms with Crippen molar-refractivity contribution in [1.29, 1.82) is 0 Å². The first-order chi connectivity index (χ1) is 22.5. The van der Waals surface area contributed by atoms with Gasteiger partial charge in [0.2, 0.25) is 0 Å². The Morgan fingerprint density at radius 3 is 1.48 bits per heavy atom. The summed E-state index contributed by atoms with van der Waals surface area (Å²) in [6.45, 7) is 11.2. The van der Waals surface area contributed by atoms with Gasteiger partial charge < -0.3 is 24.3 Å². The average molecular weight is 656 g/mol. The molecular formula is C40H81NO5. The summed E-state index contributed by atoms with van der Waals surface area (Å²) in [5.74, 6) is -0.0798. The normalized spacial score (nSPS) is 11.9. The first kappa shape index (κ1) is 47.1. The molecule has 0 bridgehead atoms. The molecule has 0 rings (SSSR count). The van der Waals surface area contributed by atoms with Gasteiger partial charge in [-0.2, -0.15) is 0 Å². The van der Waals surface area contributed by atoms with Crippen molar-refractivity contribution >= 4 is 12.3 Å². The van der Waals surface area contributed by atoms with Crippen LogP contribution in [0.25, 0.3) is 0 Å². The third-order valence-electron chi connectivity index (χ3n) is 8.95. The molecular weight excluding hydrogens is 574 g/mol. The fourth-order valence-electron chi connectivity index (χ4n) is 5.99. The lowest BCUT2D eigenvalue weighted by Gasteiger charge is -2.21. The van der Waals surface area contributed by atoms with Gasteiger partial charge in [-0.05, 0) is 64.5 Å². The summed E-state index contributed by atoms with van der Waals surface area (Å²) in [5.41, 5.74) is 0. The van der Waals surface area contributed by atoms with Crippen LogP contribution in [0.3, 0.4) is 0 Å². The lowest BCUT2D eigenvalue weighted by Crippen LogP contribution is -2.30. The minimum Gasteiger partial charge on any atom is -0.462 e. The summed E-state index contributed by atoms with van der Waals surface area (Å²) in [4.78, 5) is 25.1. The fourth-order valence-corrected chi connectivity index (χ4v) is 5.99. The van der Waals surface area contributed by atoms with Crippen molar-refractivity contribution in [1.82, 2.24) is 4.90 Å². The number of carbonyl (C=O) groups excluding carboxylic acids is 2. The van der Waals surface area contributed by atoms with E-state index in [1.54, 1.807) is 0 Å². The van der Waals surface area contributed by atoms with Gasteiger partial charge in [-0.15, -0.1) is 0 Å². The summed E-state index contributed by atoms with van der Waals surface area (Å²) >= 11 is 0. The van der Waals surface area contributed by atoms with Crippen LogP contribution in [0.1, 0.15) is 201 Å². The van der Waals surface area contributed by atoms with Crippen LogP contribution in [-0.2, 0) is 19.1 Å². The highest BCUT2D eigenvalue weighted by atomic mass is 16.5. The van der Waals surface area contributed by atoms with Crippen molar-refractivity contribution in [3.63, 3.8) is 0 Å². The molecule has 0 aliphatic carbocycles. The molecule has 0 aromatic rings. The third-order valence-corrected chi connectivity index (χ3v) is 8.95. The summed E-state index contributed by atoms with van der Waals surface area (Å²) in [6.07, 6.45) is 33.2. The summed E-state index contributed by atoms with van der Waals surface area (Å²) in [6, 6.07) is 0. The van der Waals surface area contributed by atoms with E-state index in [4.69, 9.17) is 9.47 Å². The average Bonchev–Trinajstić information content (AvgIpc) is 3.05. The molecule has 0 radical (unpaired) electrons. The van der Waals surface area contributed by atoms with Crippen LogP contribution < -0.4 is 0 Å². The highest BCUT2D eigenvalue weighted by Crippen LogP contribution is 2.18. The molecule has 6 heteroatoms. The number of unbranched alkanes of at least 4 members (excludes halogenated alkanes) is 16. The second-order valence-corrected chi connectivity index (χ2v) is 13.4. The van der Waals surface area contributed by atoms with Gasteiger partial charge in [0.15, 0.2) is 0 Å². The van der Waals surface area contributed by atoms with Crippen LogP contribution in [-0.4, -0.2) is 67.8 Å². The number of ether oxygens (including phenoxy) is 2. The van der Waals surface area contributed by atoms with E-state index in [-0.39, 0.29) is 18.7 Å². The molecule has 0 saturated heterocycles. The Labute approximate surface area is 287 Å². The predicted octanol–water partition coefficient (Wildman–Crippen LogP) is 11.0. The Bertz CT molecular complexity index is 586. The van der Waals surface area contributed by atoms with Crippen molar-refractivity contribution in [3.05, 3.63) is 0 Å². The van der Waals surface area contributed by atoms with Crippen LogP contribution >= 0.6 is 0 Å². The Kier molecular flexibility index (Phi) is 41.2. The molecule has 0 fully saturated rings. The SMILES string of the molecule is CCCCCCCCC(CCC)OC.CCCCCCCCC(CCCCCCCC)OC(=O)CCCN(CCO)CCCC=O. The van der Waals surface area contributed by atoms with Crippen molar-refractivity contribution in [2.75, 3.05) is 33.4 Å². The topological polar surface area (TPSA) is 76.1 Å². The van der Waals surface area contributed by atoms with Gasteiger partial charge in [0.25, 0.3) is 0 Å². The Hall–Kier alpha value is -0.980. The highest BCUT2D eigenvalue weighted by molar-refractivity contribution is 5.69. The first-order valence-corrected chi connectivity index (χ1v) is 20.0. The lowest BCUT2D eigenvalue weighted by atomic mass is 10.0. The molecule has 0 aromatic carbocycles. The molecule has 0 spiro atoms. The molecule has 0 aliphatic rings. The Balaban J connectivity index is 0. The number of methoxy groups -OCH3 is 1. The number of hydrogen-bond donors (Lipinski definition) is 1. The maximum atomic E-state index is 12.5. The molecule has 1 N–H and O–H groups in total. The number of aliphatic hydroxyl groups is 1. The largest absolute Gasteiger partial charge is 0.462 e. The zero-order valence-corrected chi connectivity index (χ0v) is 31.7. The van der Waals surface area contributed by atoms with E-state index < -0.39 is 0 Å². The van der Waals surface area contributed by atoms with Gasteiger partial charge in [0, 0.05) is 26.5 Å². The lowest BCUT2D eigenvalue weighted by molar-refractivity contribution is -0.150. The van der Waals surface area contributed by atoms with Gasteiger partial charge in [-0.1, -0.05) is 137 Å². The smallest absolute Gasteiger partial charge is 0.306 e. The van der Waals surface area contributed by atoms with Gasteiger partial charge in [-0.25, -0.2) is 0 Å². The van der Waals surface area contributed by atoms with E-state index >= 15 is 0 Å². The standard InChI is InChI=1S/C27H53NO4.C13H28O/c1-3-5-7-9-11-13-18-26(19-14-12-10-8-6-4-2)32-27(31)20-17-22-28(23-25-30)21-15-16-24-29;1-4-6-7-8-9-10-12-13(14-3)11-5-2/h24,26,30H,3-23,25H2,1-2H3;13H,4-12H2,1-3H3.